The fourth-order valence-corrected chi connectivity index (χ4v) is 2.28. The minimum absolute atomic E-state index is 0.694. The highest BCUT2D eigenvalue weighted by Crippen LogP contribution is 2.20. The highest BCUT2D eigenvalue weighted by Gasteiger charge is 2.08. The molecular formula is C12H17N5S. The van der Waals surface area contributed by atoms with E-state index in [1.165, 1.54) is 0 Å². The zero-order valence-electron chi connectivity index (χ0n) is 10.6. The fourth-order valence-electron chi connectivity index (χ4n) is 1.72. The molecule has 2 rings (SSSR count). The Kier molecular flexibility index (Phi) is 4.46. The Balaban J connectivity index is 2.13. The van der Waals surface area contributed by atoms with E-state index in [4.69, 9.17) is 0 Å². The van der Waals surface area contributed by atoms with Gasteiger partial charge in [-0.2, -0.15) is 0 Å². The van der Waals surface area contributed by atoms with Crippen LogP contribution >= 0.6 is 11.3 Å². The quantitative estimate of drug-likeness (QED) is 0.838. The number of hydrogen-bond donors (Lipinski definition) is 2. The van der Waals surface area contributed by atoms with Crippen molar-refractivity contribution in [2.45, 2.75) is 26.8 Å². The molecule has 0 aromatic carbocycles. The van der Waals surface area contributed by atoms with Crippen molar-refractivity contribution in [3.8, 4) is 0 Å². The summed E-state index contributed by atoms with van der Waals surface area (Å²) >= 11 is 1.60. The molecule has 2 aromatic rings. The van der Waals surface area contributed by atoms with Crippen LogP contribution in [0, 0.1) is 0 Å². The molecule has 18 heavy (non-hydrogen) atoms. The van der Waals surface area contributed by atoms with Gasteiger partial charge in [0, 0.05) is 17.5 Å². The summed E-state index contributed by atoms with van der Waals surface area (Å²) in [6.45, 7) is 5.71. The second-order valence-electron chi connectivity index (χ2n) is 3.77. The first-order valence-electron chi connectivity index (χ1n) is 6.03. The van der Waals surface area contributed by atoms with Crippen LogP contribution in [0.25, 0.3) is 0 Å². The third-order valence-corrected chi connectivity index (χ3v) is 3.20. The summed E-state index contributed by atoms with van der Waals surface area (Å²) in [7, 11) is 0. The molecule has 0 saturated heterocycles. The molecule has 0 amide bonds. The fraction of sp³-hybridized carbons (Fsp3) is 0.417. The van der Waals surface area contributed by atoms with Gasteiger partial charge in [-0.25, -0.2) is 15.0 Å². The van der Waals surface area contributed by atoms with Gasteiger partial charge < -0.3 is 10.6 Å². The Labute approximate surface area is 111 Å². The van der Waals surface area contributed by atoms with Gasteiger partial charge in [-0.3, -0.25) is 0 Å². The second-order valence-corrected chi connectivity index (χ2v) is 4.49. The van der Waals surface area contributed by atoms with Crippen molar-refractivity contribution in [2.24, 2.45) is 0 Å². The molecule has 6 heteroatoms. The average molecular weight is 263 g/mol. The summed E-state index contributed by atoms with van der Waals surface area (Å²) in [6.07, 6.45) is 2.48. The summed E-state index contributed by atoms with van der Waals surface area (Å²) in [4.78, 5) is 12.8. The van der Waals surface area contributed by atoms with E-state index < -0.39 is 0 Å². The predicted octanol–water partition coefficient (Wildman–Crippen LogP) is 2.54. The van der Waals surface area contributed by atoms with E-state index in [9.17, 15) is 0 Å². The van der Waals surface area contributed by atoms with Gasteiger partial charge in [0.1, 0.15) is 18.0 Å². The summed E-state index contributed by atoms with van der Waals surface area (Å²) in [5, 5.41) is 8.61. The summed E-state index contributed by atoms with van der Waals surface area (Å²) < 4.78 is 0. The van der Waals surface area contributed by atoms with Crippen LogP contribution in [0.5, 0.6) is 0 Å². The van der Waals surface area contributed by atoms with Crippen molar-refractivity contribution < 1.29 is 0 Å². The molecule has 0 spiro atoms. The maximum atomic E-state index is 4.31. The molecule has 96 valence electrons. The molecule has 0 aliphatic carbocycles. The SMILES string of the molecule is CCNc1ncnc(NCc2cscn2)c1CC. The van der Waals surface area contributed by atoms with E-state index in [1.54, 1.807) is 17.7 Å². The summed E-state index contributed by atoms with van der Waals surface area (Å²) in [6, 6.07) is 0. The number of rotatable bonds is 6. The molecular weight excluding hydrogens is 246 g/mol. The first kappa shape index (κ1) is 12.8. The van der Waals surface area contributed by atoms with Crippen LogP contribution < -0.4 is 10.6 Å². The Bertz CT molecular complexity index is 483. The molecule has 2 aromatic heterocycles. The molecule has 5 nitrogen and oxygen atoms in total. The van der Waals surface area contributed by atoms with Gasteiger partial charge in [-0.05, 0) is 13.3 Å². The van der Waals surface area contributed by atoms with Crippen LogP contribution in [0.2, 0.25) is 0 Å². The lowest BCUT2D eigenvalue weighted by molar-refractivity contribution is 0.987. The monoisotopic (exact) mass is 263 g/mol. The largest absolute Gasteiger partial charge is 0.370 e. The number of thiazole rings is 1. The van der Waals surface area contributed by atoms with Crippen molar-refractivity contribution in [1.82, 2.24) is 15.0 Å². The summed E-state index contributed by atoms with van der Waals surface area (Å²) in [5.41, 5.74) is 3.99. The minimum Gasteiger partial charge on any atom is -0.370 e. The predicted molar refractivity (Wildman–Crippen MR) is 75.0 cm³/mol. The van der Waals surface area contributed by atoms with Gasteiger partial charge in [0.25, 0.3) is 0 Å². The Morgan fingerprint density at radius 2 is 1.89 bits per heavy atom. The highest BCUT2D eigenvalue weighted by molar-refractivity contribution is 7.07. The van der Waals surface area contributed by atoms with Gasteiger partial charge in [-0.1, -0.05) is 6.92 Å². The number of anilines is 2. The number of nitrogens with one attached hydrogen (secondary N) is 2. The zero-order chi connectivity index (χ0) is 12.8. The normalized spacial score (nSPS) is 10.3. The minimum atomic E-state index is 0.694. The summed E-state index contributed by atoms with van der Waals surface area (Å²) in [5.74, 6) is 1.80. The number of nitrogens with zero attached hydrogens (tertiary/aromatic N) is 3. The van der Waals surface area contributed by atoms with Gasteiger partial charge in [0.15, 0.2) is 0 Å². The highest BCUT2D eigenvalue weighted by atomic mass is 32.1. The zero-order valence-corrected chi connectivity index (χ0v) is 11.4. The van der Waals surface area contributed by atoms with Gasteiger partial charge in [0.05, 0.1) is 17.7 Å². The van der Waals surface area contributed by atoms with Crippen molar-refractivity contribution in [3.63, 3.8) is 0 Å². The van der Waals surface area contributed by atoms with Crippen LogP contribution in [0.15, 0.2) is 17.2 Å². The molecule has 2 N–H and O–H groups in total. The van der Waals surface area contributed by atoms with Gasteiger partial charge in [-0.15, -0.1) is 11.3 Å². The lowest BCUT2D eigenvalue weighted by Gasteiger charge is -2.13. The molecule has 0 fully saturated rings. The first-order chi connectivity index (χ1) is 8.85. The van der Waals surface area contributed by atoms with Gasteiger partial charge >= 0.3 is 0 Å². The van der Waals surface area contributed by atoms with E-state index in [0.717, 1.165) is 35.9 Å². The first-order valence-corrected chi connectivity index (χ1v) is 6.98. The second kappa shape index (κ2) is 6.30. The molecule has 0 saturated carbocycles. The Hall–Kier alpha value is -1.69. The van der Waals surface area contributed by atoms with E-state index in [1.807, 2.05) is 10.9 Å². The lowest BCUT2D eigenvalue weighted by Crippen LogP contribution is -2.09. The van der Waals surface area contributed by atoms with E-state index >= 15 is 0 Å². The number of aromatic nitrogens is 3. The maximum Gasteiger partial charge on any atom is 0.135 e. The van der Waals surface area contributed by atoms with Crippen molar-refractivity contribution >= 4 is 23.0 Å². The topological polar surface area (TPSA) is 62.7 Å². The maximum absolute atomic E-state index is 4.31. The van der Waals surface area contributed by atoms with Crippen molar-refractivity contribution in [1.29, 1.82) is 0 Å². The van der Waals surface area contributed by atoms with E-state index in [-0.39, 0.29) is 0 Å². The molecule has 0 atom stereocenters. The molecule has 0 bridgehead atoms. The molecule has 0 aliphatic rings. The third kappa shape index (κ3) is 2.95. The van der Waals surface area contributed by atoms with E-state index in [2.05, 4.69) is 39.4 Å². The molecule has 0 aliphatic heterocycles. The van der Waals surface area contributed by atoms with Crippen molar-refractivity contribution in [3.05, 3.63) is 28.5 Å². The Morgan fingerprint density at radius 1 is 1.11 bits per heavy atom. The molecule has 0 radical (unpaired) electrons. The number of hydrogen-bond acceptors (Lipinski definition) is 6. The van der Waals surface area contributed by atoms with Crippen LogP contribution in [0.4, 0.5) is 11.6 Å². The third-order valence-electron chi connectivity index (χ3n) is 2.56. The van der Waals surface area contributed by atoms with Crippen molar-refractivity contribution in [2.75, 3.05) is 17.2 Å². The Morgan fingerprint density at radius 3 is 2.50 bits per heavy atom. The molecule has 0 unspecified atom stereocenters. The lowest BCUT2D eigenvalue weighted by atomic mass is 10.2. The van der Waals surface area contributed by atoms with Crippen LogP contribution in [0.3, 0.4) is 0 Å². The van der Waals surface area contributed by atoms with Crippen LogP contribution in [-0.2, 0) is 13.0 Å². The van der Waals surface area contributed by atoms with Crippen LogP contribution in [0.1, 0.15) is 25.1 Å². The smallest absolute Gasteiger partial charge is 0.135 e. The standard InChI is InChI=1S/C12H17N5S/c1-3-10-11(13-4-2)15-7-16-12(10)14-5-9-6-18-8-17-9/h6-8H,3-5H2,1-2H3,(H2,13,14,15,16). The average Bonchev–Trinajstić information content (AvgIpc) is 2.90. The molecule has 2 heterocycles. The van der Waals surface area contributed by atoms with Gasteiger partial charge in [0.2, 0.25) is 0 Å². The van der Waals surface area contributed by atoms with Crippen LogP contribution in [-0.4, -0.2) is 21.5 Å². The van der Waals surface area contributed by atoms with E-state index in [0.29, 0.717) is 6.54 Å².